The van der Waals surface area contributed by atoms with E-state index in [9.17, 15) is 0 Å². The molecule has 1 saturated carbocycles. The molecule has 1 aliphatic carbocycles. The first-order valence-electron chi connectivity index (χ1n) is 6.84. The standard InChI is InChI=1S/C15H14N4O2/c1-20-12-5-2-9(6-13(12)21-10-3-4-10)14-18-11-7-16-8-17-15(11)19-14/h2,5-8,10H,3-4H2,1H3,(H,16,17,18,19). The SMILES string of the molecule is COc1ccc(-c2nc3ncncc3[nH]2)cc1OC1CC1. The highest BCUT2D eigenvalue weighted by Crippen LogP contribution is 2.36. The lowest BCUT2D eigenvalue weighted by molar-refractivity contribution is 0.282. The van der Waals surface area contributed by atoms with Gasteiger partial charge in [0.25, 0.3) is 0 Å². The summed E-state index contributed by atoms with van der Waals surface area (Å²) in [7, 11) is 1.64. The number of H-pyrrole nitrogens is 1. The van der Waals surface area contributed by atoms with Crippen molar-refractivity contribution in [3.05, 3.63) is 30.7 Å². The molecular weight excluding hydrogens is 268 g/mol. The second kappa shape index (κ2) is 4.73. The Bertz CT molecular complexity index is 762. The van der Waals surface area contributed by atoms with E-state index in [4.69, 9.17) is 9.47 Å². The summed E-state index contributed by atoms with van der Waals surface area (Å²) >= 11 is 0. The van der Waals surface area contributed by atoms with Crippen LogP contribution >= 0.6 is 0 Å². The monoisotopic (exact) mass is 282 g/mol. The summed E-state index contributed by atoms with van der Waals surface area (Å²) in [5.74, 6) is 2.24. The van der Waals surface area contributed by atoms with Gasteiger partial charge in [-0.1, -0.05) is 0 Å². The minimum absolute atomic E-state index is 0.315. The summed E-state index contributed by atoms with van der Waals surface area (Å²) in [6.45, 7) is 0. The number of fused-ring (bicyclic) bond motifs is 1. The van der Waals surface area contributed by atoms with Crippen molar-refractivity contribution in [2.45, 2.75) is 18.9 Å². The molecule has 1 N–H and O–H groups in total. The van der Waals surface area contributed by atoms with Gasteiger partial charge in [0, 0.05) is 5.56 Å². The van der Waals surface area contributed by atoms with E-state index in [1.165, 1.54) is 6.33 Å². The second-order valence-corrected chi connectivity index (χ2v) is 5.03. The number of methoxy groups -OCH3 is 1. The molecule has 0 saturated heterocycles. The molecule has 2 aromatic heterocycles. The smallest absolute Gasteiger partial charge is 0.181 e. The van der Waals surface area contributed by atoms with Gasteiger partial charge in [-0.3, -0.25) is 0 Å². The molecule has 3 aromatic rings. The molecule has 1 aromatic carbocycles. The van der Waals surface area contributed by atoms with Crippen LogP contribution in [0.15, 0.2) is 30.7 Å². The van der Waals surface area contributed by atoms with Gasteiger partial charge in [-0.2, -0.15) is 0 Å². The number of imidazole rings is 1. The third-order valence-electron chi connectivity index (χ3n) is 3.42. The fourth-order valence-electron chi connectivity index (χ4n) is 2.18. The van der Waals surface area contributed by atoms with E-state index in [-0.39, 0.29) is 0 Å². The molecule has 106 valence electrons. The summed E-state index contributed by atoms with van der Waals surface area (Å²) < 4.78 is 11.2. The molecule has 1 fully saturated rings. The quantitative estimate of drug-likeness (QED) is 0.796. The Morgan fingerprint density at radius 2 is 2.14 bits per heavy atom. The normalized spacial score (nSPS) is 14.3. The molecule has 0 atom stereocenters. The number of benzene rings is 1. The average molecular weight is 282 g/mol. The molecular formula is C15H14N4O2. The zero-order valence-corrected chi connectivity index (χ0v) is 11.5. The van der Waals surface area contributed by atoms with Crippen molar-refractivity contribution in [3.63, 3.8) is 0 Å². The zero-order chi connectivity index (χ0) is 14.2. The molecule has 0 unspecified atom stereocenters. The highest BCUT2D eigenvalue weighted by atomic mass is 16.5. The van der Waals surface area contributed by atoms with E-state index in [1.807, 2.05) is 18.2 Å². The van der Waals surface area contributed by atoms with Gasteiger partial charge < -0.3 is 14.5 Å². The number of nitrogens with zero attached hydrogens (tertiary/aromatic N) is 3. The van der Waals surface area contributed by atoms with Gasteiger partial charge in [-0.25, -0.2) is 15.0 Å². The van der Waals surface area contributed by atoms with Gasteiger partial charge in [0.15, 0.2) is 17.1 Å². The molecule has 21 heavy (non-hydrogen) atoms. The number of rotatable bonds is 4. The van der Waals surface area contributed by atoms with Crippen LogP contribution in [-0.4, -0.2) is 33.1 Å². The number of aromatic nitrogens is 4. The maximum Gasteiger partial charge on any atom is 0.181 e. The second-order valence-electron chi connectivity index (χ2n) is 5.03. The predicted molar refractivity (Wildman–Crippen MR) is 77.3 cm³/mol. The van der Waals surface area contributed by atoms with Crippen molar-refractivity contribution in [1.29, 1.82) is 0 Å². The van der Waals surface area contributed by atoms with Crippen molar-refractivity contribution in [2.24, 2.45) is 0 Å². The van der Waals surface area contributed by atoms with Gasteiger partial charge in [-0.05, 0) is 31.0 Å². The number of nitrogens with one attached hydrogen (secondary N) is 1. The maximum absolute atomic E-state index is 5.89. The van der Waals surface area contributed by atoms with Gasteiger partial charge in [-0.15, -0.1) is 0 Å². The van der Waals surface area contributed by atoms with Crippen molar-refractivity contribution in [3.8, 4) is 22.9 Å². The number of hydrogen-bond acceptors (Lipinski definition) is 5. The minimum atomic E-state index is 0.315. The highest BCUT2D eigenvalue weighted by molar-refractivity contribution is 5.75. The van der Waals surface area contributed by atoms with Crippen LogP contribution in [0.5, 0.6) is 11.5 Å². The minimum Gasteiger partial charge on any atom is -0.493 e. The summed E-state index contributed by atoms with van der Waals surface area (Å²) in [5.41, 5.74) is 2.40. The fourth-order valence-corrected chi connectivity index (χ4v) is 2.18. The summed E-state index contributed by atoms with van der Waals surface area (Å²) in [6.07, 6.45) is 5.73. The van der Waals surface area contributed by atoms with Crippen LogP contribution in [0, 0.1) is 0 Å². The molecule has 2 heterocycles. The Balaban J connectivity index is 1.76. The Labute approximate surface area is 121 Å². The number of ether oxygens (including phenoxy) is 2. The molecule has 0 amide bonds. The van der Waals surface area contributed by atoms with Crippen molar-refractivity contribution in [1.82, 2.24) is 19.9 Å². The highest BCUT2D eigenvalue weighted by Gasteiger charge is 2.25. The van der Waals surface area contributed by atoms with Crippen molar-refractivity contribution in [2.75, 3.05) is 7.11 Å². The average Bonchev–Trinajstić information content (AvgIpc) is 3.22. The first-order chi connectivity index (χ1) is 10.3. The molecule has 0 bridgehead atoms. The van der Waals surface area contributed by atoms with Crippen LogP contribution in [0.4, 0.5) is 0 Å². The van der Waals surface area contributed by atoms with E-state index in [0.29, 0.717) is 11.8 Å². The van der Waals surface area contributed by atoms with E-state index in [0.717, 1.165) is 41.2 Å². The lowest BCUT2D eigenvalue weighted by Crippen LogP contribution is -1.99. The van der Waals surface area contributed by atoms with Crippen molar-refractivity contribution < 1.29 is 9.47 Å². The first-order valence-corrected chi connectivity index (χ1v) is 6.84. The lowest BCUT2D eigenvalue weighted by Gasteiger charge is -2.10. The van der Waals surface area contributed by atoms with Crippen LogP contribution in [0.3, 0.4) is 0 Å². The molecule has 0 spiro atoms. The fraction of sp³-hybridized carbons (Fsp3) is 0.267. The van der Waals surface area contributed by atoms with Gasteiger partial charge in [0.1, 0.15) is 17.7 Å². The van der Waals surface area contributed by atoms with Crippen LogP contribution < -0.4 is 9.47 Å². The van der Waals surface area contributed by atoms with E-state index in [2.05, 4.69) is 19.9 Å². The molecule has 4 rings (SSSR count). The molecule has 1 aliphatic rings. The summed E-state index contributed by atoms with van der Waals surface area (Å²) in [6, 6.07) is 5.79. The van der Waals surface area contributed by atoms with Gasteiger partial charge in [0.05, 0.1) is 19.4 Å². The summed E-state index contributed by atoms with van der Waals surface area (Å²) in [5, 5.41) is 0. The lowest BCUT2D eigenvalue weighted by atomic mass is 10.2. The molecule has 6 nitrogen and oxygen atoms in total. The third-order valence-corrected chi connectivity index (χ3v) is 3.42. The Hall–Kier alpha value is -2.63. The van der Waals surface area contributed by atoms with E-state index >= 15 is 0 Å². The molecule has 0 radical (unpaired) electrons. The molecule has 0 aliphatic heterocycles. The van der Waals surface area contributed by atoms with Crippen LogP contribution in [0.25, 0.3) is 22.6 Å². The Morgan fingerprint density at radius 1 is 1.24 bits per heavy atom. The summed E-state index contributed by atoms with van der Waals surface area (Å²) in [4.78, 5) is 15.8. The zero-order valence-electron chi connectivity index (χ0n) is 11.5. The number of aromatic amines is 1. The third kappa shape index (κ3) is 2.29. The van der Waals surface area contributed by atoms with Crippen LogP contribution in [0.1, 0.15) is 12.8 Å². The largest absolute Gasteiger partial charge is 0.493 e. The van der Waals surface area contributed by atoms with Crippen LogP contribution in [-0.2, 0) is 0 Å². The van der Waals surface area contributed by atoms with E-state index < -0.39 is 0 Å². The topological polar surface area (TPSA) is 72.9 Å². The Morgan fingerprint density at radius 3 is 2.90 bits per heavy atom. The van der Waals surface area contributed by atoms with Crippen molar-refractivity contribution >= 4 is 11.2 Å². The Kier molecular flexibility index (Phi) is 2.73. The first kappa shape index (κ1) is 12.1. The van der Waals surface area contributed by atoms with E-state index in [1.54, 1.807) is 13.3 Å². The number of hydrogen-bond donors (Lipinski definition) is 1. The van der Waals surface area contributed by atoms with Crippen LogP contribution in [0.2, 0.25) is 0 Å². The predicted octanol–water partition coefficient (Wildman–Crippen LogP) is 2.57. The van der Waals surface area contributed by atoms with Gasteiger partial charge >= 0.3 is 0 Å². The maximum atomic E-state index is 5.89. The van der Waals surface area contributed by atoms with Gasteiger partial charge in [0.2, 0.25) is 0 Å². The molecule has 6 heteroatoms.